The van der Waals surface area contributed by atoms with E-state index in [1.807, 2.05) is 12.1 Å². The molecule has 0 radical (unpaired) electrons. The minimum absolute atomic E-state index is 0.0000619. The van der Waals surface area contributed by atoms with Crippen LogP contribution in [0.15, 0.2) is 30.3 Å². The predicted octanol–water partition coefficient (Wildman–Crippen LogP) is 3.79. The Labute approximate surface area is 153 Å². The highest BCUT2D eigenvalue weighted by atomic mass is 16.2. The fourth-order valence-corrected chi connectivity index (χ4v) is 3.22. The molecule has 26 heavy (non-hydrogen) atoms. The first-order valence-electron chi connectivity index (χ1n) is 9.06. The Balaban J connectivity index is 1.75. The molecule has 0 bridgehead atoms. The first kappa shape index (κ1) is 18.0. The van der Waals surface area contributed by atoms with Crippen LogP contribution in [0.5, 0.6) is 0 Å². The van der Waals surface area contributed by atoms with Crippen molar-refractivity contribution in [1.82, 2.24) is 15.3 Å². The minimum Gasteiger partial charge on any atom is -0.348 e. The van der Waals surface area contributed by atoms with Crippen LogP contribution in [0, 0.1) is 6.92 Å². The molecule has 0 atom stereocenters. The third-order valence-corrected chi connectivity index (χ3v) is 4.55. The van der Waals surface area contributed by atoms with Gasteiger partial charge in [0.05, 0.1) is 0 Å². The average Bonchev–Trinajstić information content (AvgIpc) is 2.62. The molecule has 2 N–H and O–H groups in total. The second-order valence-corrected chi connectivity index (χ2v) is 6.76. The zero-order chi connectivity index (χ0) is 18.5. The number of aryl methyl sites for hydroxylation is 1. The van der Waals surface area contributed by atoms with Crippen molar-refractivity contribution in [3.05, 3.63) is 47.4 Å². The summed E-state index contributed by atoms with van der Waals surface area (Å²) in [5.74, 6) is 0.890. The van der Waals surface area contributed by atoms with Crippen molar-refractivity contribution in [2.45, 2.75) is 52.0 Å². The first-order valence-corrected chi connectivity index (χ1v) is 9.06. The van der Waals surface area contributed by atoms with Gasteiger partial charge in [-0.15, -0.1) is 0 Å². The molecular formula is C20H24N4O2. The topological polar surface area (TPSA) is 84.0 Å². The molecule has 2 aromatic rings. The van der Waals surface area contributed by atoms with Crippen LogP contribution in [0.1, 0.15) is 65.7 Å². The average molecular weight is 352 g/mol. The molecule has 6 heteroatoms. The number of hydrogen-bond donors (Lipinski definition) is 2. The van der Waals surface area contributed by atoms with E-state index in [0.717, 1.165) is 31.4 Å². The molecule has 1 aliphatic rings. The molecule has 0 spiro atoms. The van der Waals surface area contributed by atoms with Gasteiger partial charge in [0.15, 0.2) is 5.78 Å². The molecule has 0 aliphatic heterocycles. The van der Waals surface area contributed by atoms with Gasteiger partial charge in [0.1, 0.15) is 17.3 Å². The zero-order valence-corrected chi connectivity index (χ0v) is 15.2. The maximum atomic E-state index is 12.5. The van der Waals surface area contributed by atoms with Gasteiger partial charge in [0.25, 0.3) is 5.91 Å². The quantitative estimate of drug-likeness (QED) is 0.800. The number of carbonyl (C=O) groups is 2. The summed E-state index contributed by atoms with van der Waals surface area (Å²) in [5, 5.41) is 6.23. The Morgan fingerprint density at radius 3 is 2.58 bits per heavy atom. The van der Waals surface area contributed by atoms with Crippen molar-refractivity contribution in [2.75, 3.05) is 5.32 Å². The van der Waals surface area contributed by atoms with Crippen LogP contribution < -0.4 is 10.6 Å². The highest BCUT2D eigenvalue weighted by Gasteiger charge is 2.18. The number of anilines is 2. The van der Waals surface area contributed by atoms with Crippen molar-refractivity contribution >= 4 is 23.2 Å². The number of nitrogens with one attached hydrogen (secondary N) is 2. The number of aromatic nitrogens is 2. The lowest BCUT2D eigenvalue weighted by Crippen LogP contribution is -2.36. The fourth-order valence-electron chi connectivity index (χ4n) is 3.22. The summed E-state index contributed by atoms with van der Waals surface area (Å²) in [6.45, 7) is 3.29. The molecule has 3 rings (SSSR count). The lowest BCUT2D eigenvalue weighted by molar-refractivity contribution is 0.0921. The van der Waals surface area contributed by atoms with Crippen LogP contribution >= 0.6 is 0 Å². The predicted molar refractivity (Wildman–Crippen MR) is 101 cm³/mol. The number of ketones is 1. The van der Waals surface area contributed by atoms with E-state index in [9.17, 15) is 9.59 Å². The van der Waals surface area contributed by atoms with Gasteiger partial charge in [-0.3, -0.25) is 9.59 Å². The third-order valence-electron chi connectivity index (χ3n) is 4.55. The van der Waals surface area contributed by atoms with Crippen LogP contribution in [0.2, 0.25) is 0 Å². The van der Waals surface area contributed by atoms with Gasteiger partial charge in [-0.25, -0.2) is 9.97 Å². The molecular weight excluding hydrogens is 328 g/mol. The van der Waals surface area contributed by atoms with Gasteiger partial charge in [-0.2, -0.15) is 0 Å². The van der Waals surface area contributed by atoms with Gasteiger partial charge >= 0.3 is 0 Å². The third kappa shape index (κ3) is 4.65. The number of hydrogen-bond acceptors (Lipinski definition) is 5. The SMILES string of the molecule is CC(=O)c1cccc(Nc2cc(C(=O)NC3CCCCC3)nc(C)n2)c1. The second-order valence-electron chi connectivity index (χ2n) is 6.76. The van der Waals surface area contributed by atoms with Crippen molar-refractivity contribution in [3.8, 4) is 0 Å². The van der Waals surface area contributed by atoms with Gasteiger partial charge in [0.2, 0.25) is 0 Å². The molecule has 1 fully saturated rings. The summed E-state index contributed by atoms with van der Waals surface area (Å²) >= 11 is 0. The zero-order valence-electron chi connectivity index (χ0n) is 15.2. The number of benzene rings is 1. The van der Waals surface area contributed by atoms with Crippen LogP contribution in [0.3, 0.4) is 0 Å². The number of amides is 1. The van der Waals surface area contributed by atoms with Crippen LogP contribution in [0.4, 0.5) is 11.5 Å². The largest absolute Gasteiger partial charge is 0.348 e. The summed E-state index contributed by atoms with van der Waals surface area (Å²) in [5.41, 5.74) is 1.72. The van der Waals surface area contributed by atoms with E-state index in [4.69, 9.17) is 0 Å². The van der Waals surface area contributed by atoms with Crippen molar-refractivity contribution in [3.63, 3.8) is 0 Å². The number of nitrogens with zero attached hydrogens (tertiary/aromatic N) is 2. The summed E-state index contributed by atoms with van der Waals surface area (Å²) in [4.78, 5) is 32.7. The van der Waals surface area contributed by atoms with E-state index in [1.54, 1.807) is 25.1 Å². The standard InChI is InChI=1S/C20H24N4O2/c1-13(25)15-7-6-10-17(11-15)23-19-12-18(21-14(2)22-19)20(26)24-16-8-4-3-5-9-16/h6-7,10-12,16H,3-5,8-9H2,1-2H3,(H,24,26)(H,21,22,23). The molecule has 1 heterocycles. The molecule has 0 unspecified atom stereocenters. The van der Waals surface area contributed by atoms with Crippen molar-refractivity contribution in [1.29, 1.82) is 0 Å². The molecule has 0 saturated heterocycles. The van der Waals surface area contributed by atoms with E-state index < -0.39 is 0 Å². The first-order chi connectivity index (χ1) is 12.5. The maximum absolute atomic E-state index is 12.5. The van der Waals surface area contributed by atoms with Crippen molar-refractivity contribution in [2.24, 2.45) is 0 Å². The second kappa shape index (κ2) is 8.08. The van der Waals surface area contributed by atoms with Crippen molar-refractivity contribution < 1.29 is 9.59 Å². The molecule has 1 aromatic carbocycles. The molecule has 1 aromatic heterocycles. The smallest absolute Gasteiger partial charge is 0.270 e. The van der Waals surface area contributed by atoms with E-state index in [-0.39, 0.29) is 17.7 Å². The lowest BCUT2D eigenvalue weighted by Gasteiger charge is -2.22. The fraction of sp³-hybridized carbons (Fsp3) is 0.400. The van der Waals surface area contributed by atoms with E-state index in [1.165, 1.54) is 13.3 Å². The Morgan fingerprint density at radius 1 is 1.08 bits per heavy atom. The van der Waals surface area contributed by atoms with Crippen LogP contribution in [-0.2, 0) is 0 Å². The molecule has 1 amide bonds. The molecule has 136 valence electrons. The molecule has 1 aliphatic carbocycles. The monoisotopic (exact) mass is 352 g/mol. The molecule has 1 saturated carbocycles. The lowest BCUT2D eigenvalue weighted by atomic mass is 9.95. The summed E-state index contributed by atoms with van der Waals surface area (Å²) in [6, 6.07) is 9.07. The van der Waals surface area contributed by atoms with E-state index in [0.29, 0.717) is 22.9 Å². The van der Waals surface area contributed by atoms with Gasteiger partial charge in [-0.05, 0) is 38.8 Å². The highest BCUT2D eigenvalue weighted by Crippen LogP contribution is 2.19. The molecule has 6 nitrogen and oxygen atoms in total. The Kier molecular flexibility index (Phi) is 5.61. The summed E-state index contributed by atoms with van der Waals surface area (Å²) < 4.78 is 0. The maximum Gasteiger partial charge on any atom is 0.270 e. The Morgan fingerprint density at radius 2 is 1.85 bits per heavy atom. The highest BCUT2D eigenvalue weighted by molar-refractivity contribution is 5.95. The Hall–Kier alpha value is -2.76. The normalized spacial score (nSPS) is 14.7. The summed E-state index contributed by atoms with van der Waals surface area (Å²) in [7, 11) is 0. The van der Waals surface area contributed by atoms with E-state index >= 15 is 0 Å². The number of carbonyl (C=O) groups excluding carboxylic acids is 2. The summed E-state index contributed by atoms with van der Waals surface area (Å²) in [6.07, 6.45) is 5.62. The van der Waals surface area contributed by atoms with Crippen LogP contribution in [0.25, 0.3) is 0 Å². The number of Topliss-reactive ketones (excluding diaryl/α,β-unsaturated/α-hetero) is 1. The van der Waals surface area contributed by atoms with Gasteiger partial charge < -0.3 is 10.6 Å². The van der Waals surface area contributed by atoms with Gasteiger partial charge in [0, 0.05) is 23.4 Å². The van der Waals surface area contributed by atoms with E-state index in [2.05, 4.69) is 20.6 Å². The minimum atomic E-state index is -0.164. The van der Waals surface area contributed by atoms with Crippen LogP contribution in [-0.4, -0.2) is 27.7 Å². The Bertz CT molecular complexity index is 813. The number of rotatable bonds is 5. The van der Waals surface area contributed by atoms with Gasteiger partial charge in [-0.1, -0.05) is 31.4 Å².